The molecule has 1 aliphatic rings. The molecule has 4 heteroatoms. The Bertz CT molecular complexity index is 459. The molecule has 1 aliphatic heterocycles. The predicted octanol–water partition coefficient (Wildman–Crippen LogP) is 3.78. The van der Waals surface area contributed by atoms with Crippen molar-refractivity contribution < 1.29 is 0 Å². The largest absolute Gasteiger partial charge is 0.384 e. The summed E-state index contributed by atoms with van der Waals surface area (Å²) in [5.41, 5.74) is 7.43. The van der Waals surface area contributed by atoms with Crippen LogP contribution >= 0.6 is 11.6 Å². The van der Waals surface area contributed by atoms with E-state index in [1.54, 1.807) is 6.07 Å². The van der Waals surface area contributed by atoms with Gasteiger partial charge in [0.15, 0.2) is 0 Å². The van der Waals surface area contributed by atoms with E-state index in [0.29, 0.717) is 16.6 Å². The zero-order valence-corrected chi connectivity index (χ0v) is 12.2. The number of nitrogens with zero attached hydrogens (tertiary/aromatic N) is 1. The molecule has 0 amide bonds. The number of nitrogens with two attached hydrogens (primary N) is 1. The van der Waals surface area contributed by atoms with Crippen LogP contribution in [0.1, 0.15) is 44.6 Å². The lowest BCUT2D eigenvalue weighted by atomic mass is 10.0. The molecule has 104 valence electrons. The molecule has 0 spiro atoms. The fraction of sp³-hybridized carbons (Fsp3) is 0.533. The molecule has 0 radical (unpaired) electrons. The maximum absolute atomic E-state index is 7.78. The second-order valence-electron chi connectivity index (χ2n) is 5.15. The second-order valence-corrected chi connectivity index (χ2v) is 5.56. The van der Waals surface area contributed by atoms with Crippen LogP contribution in [0.5, 0.6) is 0 Å². The Labute approximate surface area is 120 Å². The van der Waals surface area contributed by atoms with E-state index in [4.69, 9.17) is 22.7 Å². The fourth-order valence-electron chi connectivity index (χ4n) is 2.94. The minimum absolute atomic E-state index is 0.0553. The van der Waals surface area contributed by atoms with Gasteiger partial charge in [-0.3, -0.25) is 5.41 Å². The molecule has 1 fully saturated rings. The first kappa shape index (κ1) is 14.2. The molecule has 1 unspecified atom stereocenters. The monoisotopic (exact) mass is 279 g/mol. The lowest BCUT2D eigenvalue weighted by Crippen LogP contribution is -2.36. The van der Waals surface area contributed by atoms with Gasteiger partial charge < -0.3 is 10.6 Å². The summed E-state index contributed by atoms with van der Waals surface area (Å²) in [5, 5.41) is 8.35. The normalized spacial score (nSPS) is 20.1. The summed E-state index contributed by atoms with van der Waals surface area (Å²) in [6.07, 6.45) is 6.08. The molecule has 2 rings (SSSR count). The third-order valence-electron chi connectivity index (χ3n) is 3.92. The third-order valence-corrected chi connectivity index (χ3v) is 4.23. The highest BCUT2D eigenvalue weighted by Crippen LogP contribution is 2.32. The van der Waals surface area contributed by atoms with Crippen LogP contribution in [0.4, 0.5) is 5.69 Å². The van der Waals surface area contributed by atoms with Gasteiger partial charge in [0, 0.05) is 18.3 Å². The van der Waals surface area contributed by atoms with Crippen molar-refractivity contribution in [3.8, 4) is 0 Å². The van der Waals surface area contributed by atoms with Crippen molar-refractivity contribution >= 4 is 23.1 Å². The van der Waals surface area contributed by atoms with Gasteiger partial charge in [-0.05, 0) is 31.4 Å². The quantitative estimate of drug-likeness (QED) is 0.653. The van der Waals surface area contributed by atoms with Crippen LogP contribution in [0.2, 0.25) is 5.02 Å². The highest BCUT2D eigenvalue weighted by Gasteiger charge is 2.23. The molecule has 1 aromatic rings. The molecule has 0 aliphatic carbocycles. The maximum atomic E-state index is 7.78. The predicted molar refractivity (Wildman–Crippen MR) is 82.4 cm³/mol. The highest BCUT2D eigenvalue weighted by molar-refractivity contribution is 6.34. The van der Waals surface area contributed by atoms with E-state index in [1.165, 1.54) is 25.7 Å². The topological polar surface area (TPSA) is 53.1 Å². The average Bonchev–Trinajstić information content (AvgIpc) is 2.62. The van der Waals surface area contributed by atoms with Gasteiger partial charge in [-0.25, -0.2) is 0 Å². The van der Waals surface area contributed by atoms with Crippen LogP contribution in [0.3, 0.4) is 0 Å². The molecule has 0 bridgehead atoms. The van der Waals surface area contributed by atoms with Gasteiger partial charge in [0.1, 0.15) is 5.84 Å². The first-order chi connectivity index (χ1) is 9.15. The minimum Gasteiger partial charge on any atom is -0.384 e. The Morgan fingerprint density at radius 1 is 1.42 bits per heavy atom. The Balaban J connectivity index is 2.43. The zero-order chi connectivity index (χ0) is 13.8. The van der Waals surface area contributed by atoms with E-state index in [0.717, 1.165) is 18.7 Å². The van der Waals surface area contributed by atoms with Crippen LogP contribution in [0.25, 0.3) is 0 Å². The number of nitrogens with one attached hydrogen (secondary N) is 1. The van der Waals surface area contributed by atoms with Crippen LogP contribution in [-0.2, 0) is 0 Å². The second kappa shape index (κ2) is 6.29. The smallest absolute Gasteiger partial charge is 0.126 e. The first-order valence-electron chi connectivity index (χ1n) is 7.04. The number of nitrogen functional groups attached to an aromatic ring is 1. The molecule has 0 saturated carbocycles. The van der Waals surface area contributed by atoms with Gasteiger partial charge in [0.05, 0.1) is 10.6 Å². The number of rotatable bonds is 3. The van der Waals surface area contributed by atoms with Crippen molar-refractivity contribution in [2.75, 3.05) is 11.4 Å². The van der Waals surface area contributed by atoms with Gasteiger partial charge in [-0.15, -0.1) is 0 Å². The van der Waals surface area contributed by atoms with Crippen molar-refractivity contribution in [2.24, 2.45) is 5.73 Å². The van der Waals surface area contributed by atoms with Gasteiger partial charge >= 0.3 is 0 Å². The summed E-state index contributed by atoms with van der Waals surface area (Å²) in [7, 11) is 0. The molecule has 19 heavy (non-hydrogen) atoms. The van der Waals surface area contributed by atoms with E-state index in [1.807, 2.05) is 12.1 Å². The fourth-order valence-corrected chi connectivity index (χ4v) is 3.21. The lowest BCUT2D eigenvalue weighted by Gasteiger charge is -2.33. The first-order valence-corrected chi connectivity index (χ1v) is 7.42. The van der Waals surface area contributed by atoms with Crippen molar-refractivity contribution in [3.05, 3.63) is 28.8 Å². The molecule has 3 N–H and O–H groups in total. The Hall–Kier alpha value is -1.22. The summed E-state index contributed by atoms with van der Waals surface area (Å²) in [6.45, 7) is 3.25. The minimum atomic E-state index is 0.0553. The highest BCUT2D eigenvalue weighted by atomic mass is 35.5. The van der Waals surface area contributed by atoms with Crippen molar-refractivity contribution in [2.45, 2.75) is 45.1 Å². The van der Waals surface area contributed by atoms with Crippen LogP contribution in [0.15, 0.2) is 18.2 Å². The molecular weight excluding hydrogens is 258 g/mol. The van der Waals surface area contributed by atoms with E-state index >= 15 is 0 Å². The maximum Gasteiger partial charge on any atom is 0.126 e. The lowest BCUT2D eigenvalue weighted by molar-refractivity contribution is 0.556. The van der Waals surface area contributed by atoms with E-state index in [-0.39, 0.29) is 5.84 Å². The summed E-state index contributed by atoms with van der Waals surface area (Å²) < 4.78 is 0. The van der Waals surface area contributed by atoms with Gasteiger partial charge in [0.25, 0.3) is 0 Å². The zero-order valence-electron chi connectivity index (χ0n) is 11.5. The van der Waals surface area contributed by atoms with E-state index < -0.39 is 0 Å². The number of halogens is 1. The van der Waals surface area contributed by atoms with Crippen molar-refractivity contribution in [3.63, 3.8) is 0 Å². The Morgan fingerprint density at radius 2 is 2.21 bits per heavy atom. The Morgan fingerprint density at radius 3 is 2.89 bits per heavy atom. The molecule has 3 nitrogen and oxygen atoms in total. The van der Waals surface area contributed by atoms with Crippen LogP contribution in [0, 0.1) is 5.41 Å². The van der Waals surface area contributed by atoms with E-state index in [2.05, 4.69) is 11.8 Å². The molecule has 1 heterocycles. The van der Waals surface area contributed by atoms with Crippen LogP contribution in [-0.4, -0.2) is 18.4 Å². The Kier molecular flexibility index (Phi) is 4.70. The summed E-state index contributed by atoms with van der Waals surface area (Å²) in [5.74, 6) is 0.0553. The van der Waals surface area contributed by atoms with Gasteiger partial charge in [-0.2, -0.15) is 0 Å². The summed E-state index contributed by atoms with van der Waals surface area (Å²) in [6, 6.07) is 6.32. The molecule has 1 saturated heterocycles. The molecule has 1 aromatic carbocycles. The number of amidine groups is 1. The van der Waals surface area contributed by atoms with Crippen LogP contribution < -0.4 is 10.6 Å². The van der Waals surface area contributed by atoms with Gasteiger partial charge in [-0.1, -0.05) is 37.4 Å². The van der Waals surface area contributed by atoms with E-state index in [9.17, 15) is 0 Å². The third kappa shape index (κ3) is 3.03. The number of hydrogen-bond acceptors (Lipinski definition) is 2. The number of anilines is 1. The van der Waals surface area contributed by atoms with Gasteiger partial charge in [0.2, 0.25) is 0 Å². The van der Waals surface area contributed by atoms with Crippen molar-refractivity contribution in [1.29, 1.82) is 5.41 Å². The summed E-state index contributed by atoms with van der Waals surface area (Å²) in [4.78, 5) is 2.40. The average molecular weight is 280 g/mol. The number of benzene rings is 1. The standard InChI is InChI=1S/C15H22ClN3/c1-2-11-7-4-3-5-10-19(11)13-9-6-8-12(16)14(13)15(17)18/h6,8-9,11H,2-5,7,10H2,1H3,(H3,17,18). The molecular formula is C15H22ClN3. The molecule has 1 atom stereocenters. The molecule has 0 aromatic heterocycles. The summed E-state index contributed by atoms with van der Waals surface area (Å²) >= 11 is 6.23. The number of hydrogen-bond donors (Lipinski definition) is 2. The van der Waals surface area contributed by atoms with Crippen molar-refractivity contribution in [1.82, 2.24) is 0 Å². The SMILES string of the molecule is CCC1CCCCCN1c1cccc(Cl)c1C(=N)N.